The first-order valence-corrected chi connectivity index (χ1v) is 7.46. The highest BCUT2D eigenvalue weighted by atomic mass is 16.2. The lowest BCUT2D eigenvalue weighted by Crippen LogP contribution is -2.41. The van der Waals surface area contributed by atoms with Crippen molar-refractivity contribution in [2.24, 2.45) is 0 Å². The smallest absolute Gasteiger partial charge is 0.240 e. The molecule has 0 radical (unpaired) electrons. The molecule has 0 aromatic heterocycles. The predicted molar refractivity (Wildman–Crippen MR) is 90.6 cm³/mol. The topological polar surface area (TPSA) is 61.4 Å². The van der Waals surface area contributed by atoms with Crippen molar-refractivity contribution in [1.29, 1.82) is 0 Å². The minimum atomic E-state index is -0.349. The number of anilines is 1. The zero-order valence-corrected chi connectivity index (χ0v) is 13.3. The molecule has 2 aromatic rings. The van der Waals surface area contributed by atoms with Gasteiger partial charge in [0.1, 0.15) is 0 Å². The Morgan fingerprint density at radius 2 is 1.57 bits per heavy atom. The molecule has 2 aromatic carbocycles. The van der Waals surface area contributed by atoms with Gasteiger partial charge in [-0.3, -0.25) is 20.0 Å². The molecule has 1 atom stereocenters. The zero-order valence-electron chi connectivity index (χ0n) is 13.3. The van der Waals surface area contributed by atoms with Crippen molar-refractivity contribution < 1.29 is 9.59 Å². The predicted octanol–water partition coefficient (Wildman–Crippen LogP) is 2.42. The first kappa shape index (κ1) is 16.5. The third kappa shape index (κ3) is 5.14. The number of rotatable bonds is 6. The molecule has 2 amide bonds. The number of carbonyl (C=O) groups is 2. The molecule has 120 valence electrons. The molecular formula is C18H21N3O2. The fourth-order valence-corrected chi connectivity index (χ4v) is 2.32. The van der Waals surface area contributed by atoms with Crippen LogP contribution in [-0.2, 0) is 9.59 Å². The molecule has 0 fully saturated rings. The summed E-state index contributed by atoms with van der Waals surface area (Å²) in [5.41, 5.74) is 4.60. The van der Waals surface area contributed by atoms with Gasteiger partial charge in [0.25, 0.3) is 0 Å². The summed E-state index contributed by atoms with van der Waals surface area (Å²) in [6, 6.07) is 18.7. The van der Waals surface area contributed by atoms with Crippen LogP contribution in [0.25, 0.3) is 0 Å². The van der Waals surface area contributed by atoms with Gasteiger partial charge in [-0.15, -0.1) is 0 Å². The first-order valence-electron chi connectivity index (χ1n) is 7.46. The quantitative estimate of drug-likeness (QED) is 0.806. The van der Waals surface area contributed by atoms with E-state index < -0.39 is 0 Å². The highest BCUT2D eigenvalue weighted by Crippen LogP contribution is 2.17. The van der Waals surface area contributed by atoms with Gasteiger partial charge >= 0.3 is 0 Å². The molecular weight excluding hydrogens is 290 g/mol. The molecule has 0 saturated carbocycles. The van der Waals surface area contributed by atoms with Crippen LogP contribution < -0.4 is 15.8 Å². The summed E-state index contributed by atoms with van der Waals surface area (Å²) >= 11 is 0. The van der Waals surface area contributed by atoms with E-state index in [2.05, 4.69) is 10.7 Å². The van der Waals surface area contributed by atoms with Crippen LogP contribution in [0, 0.1) is 0 Å². The lowest BCUT2D eigenvalue weighted by Gasteiger charge is -2.23. The number of hydrogen-bond donors (Lipinski definition) is 2. The van der Waals surface area contributed by atoms with E-state index in [4.69, 9.17) is 0 Å². The number of hydrazine groups is 1. The number of amides is 2. The minimum absolute atomic E-state index is 0.164. The number of benzene rings is 2. The van der Waals surface area contributed by atoms with Gasteiger partial charge in [-0.1, -0.05) is 48.5 Å². The Kier molecular flexibility index (Phi) is 5.74. The van der Waals surface area contributed by atoms with Crippen LogP contribution >= 0.6 is 0 Å². The lowest BCUT2D eigenvalue weighted by atomic mass is 10.0. The second-order valence-electron chi connectivity index (χ2n) is 5.30. The van der Waals surface area contributed by atoms with Crippen LogP contribution in [0.5, 0.6) is 0 Å². The fraction of sp³-hybridized carbons (Fsp3) is 0.222. The van der Waals surface area contributed by atoms with E-state index in [1.807, 2.05) is 60.7 Å². The van der Waals surface area contributed by atoms with Crippen LogP contribution in [0.4, 0.5) is 5.69 Å². The van der Waals surface area contributed by atoms with Gasteiger partial charge in [-0.05, 0) is 17.7 Å². The van der Waals surface area contributed by atoms with Crippen LogP contribution in [0.3, 0.4) is 0 Å². The third-order valence-corrected chi connectivity index (χ3v) is 3.40. The summed E-state index contributed by atoms with van der Waals surface area (Å²) in [6.45, 7) is 1.45. The Balaban J connectivity index is 2.01. The molecule has 23 heavy (non-hydrogen) atoms. The van der Waals surface area contributed by atoms with Gasteiger partial charge in [0.2, 0.25) is 11.8 Å². The molecule has 2 rings (SSSR count). The van der Waals surface area contributed by atoms with E-state index in [9.17, 15) is 9.59 Å². The Bertz CT molecular complexity index is 644. The number of hydrogen-bond acceptors (Lipinski definition) is 3. The summed E-state index contributed by atoms with van der Waals surface area (Å²) < 4.78 is 0. The Labute approximate surface area is 136 Å². The van der Waals surface area contributed by atoms with E-state index in [0.29, 0.717) is 0 Å². The standard InChI is InChI=1S/C18H21N3O2/c1-14(22)19-17(15-9-5-3-6-10-15)13-18(23)20-21(2)16-11-7-4-8-12-16/h3-12,17H,13H2,1-2H3,(H,19,22)(H,20,23)/t17-/m0/s1. The van der Waals surface area contributed by atoms with Crippen molar-refractivity contribution in [2.45, 2.75) is 19.4 Å². The van der Waals surface area contributed by atoms with Gasteiger partial charge in [0.15, 0.2) is 0 Å². The van der Waals surface area contributed by atoms with Crippen molar-refractivity contribution in [2.75, 3.05) is 12.1 Å². The lowest BCUT2D eigenvalue weighted by molar-refractivity contribution is -0.122. The fourth-order valence-electron chi connectivity index (χ4n) is 2.32. The Morgan fingerprint density at radius 3 is 2.13 bits per heavy atom. The van der Waals surface area contributed by atoms with Crippen molar-refractivity contribution in [3.8, 4) is 0 Å². The Morgan fingerprint density at radius 1 is 1.00 bits per heavy atom. The molecule has 0 bridgehead atoms. The summed E-state index contributed by atoms with van der Waals surface area (Å²) in [5.74, 6) is -0.331. The molecule has 5 nitrogen and oxygen atoms in total. The molecule has 0 spiro atoms. The molecule has 0 saturated heterocycles. The van der Waals surface area contributed by atoms with Gasteiger partial charge in [-0.2, -0.15) is 0 Å². The number of carbonyl (C=O) groups excluding carboxylic acids is 2. The van der Waals surface area contributed by atoms with Crippen molar-refractivity contribution in [3.63, 3.8) is 0 Å². The van der Waals surface area contributed by atoms with Gasteiger partial charge in [0, 0.05) is 14.0 Å². The molecule has 0 unspecified atom stereocenters. The summed E-state index contributed by atoms with van der Waals surface area (Å²) in [5, 5.41) is 4.49. The molecule has 5 heteroatoms. The maximum atomic E-state index is 12.3. The average Bonchev–Trinajstić information content (AvgIpc) is 2.55. The van der Waals surface area contributed by atoms with E-state index in [-0.39, 0.29) is 24.3 Å². The molecule has 0 aliphatic carbocycles. The third-order valence-electron chi connectivity index (χ3n) is 3.40. The maximum Gasteiger partial charge on any atom is 0.240 e. The van der Waals surface area contributed by atoms with Crippen molar-refractivity contribution in [1.82, 2.24) is 10.7 Å². The molecule has 0 heterocycles. The highest BCUT2D eigenvalue weighted by molar-refractivity contribution is 5.80. The summed E-state index contributed by atoms with van der Waals surface area (Å²) in [6.07, 6.45) is 0.167. The molecule has 0 aliphatic heterocycles. The summed E-state index contributed by atoms with van der Waals surface area (Å²) in [7, 11) is 1.78. The normalized spacial score (nSPS) is 11.4. The van der Waals surface area contributed by atoms with Crippen LogP contribution in [-0.4, -0.2) is 18.9 Å². The number of nitrogens with one attached hydrogen (secondary N) is 2. The first-order chi connectivity index (χ1) is 11.1. The van der Waals surface area contributed by atoms with Crippen LogP contribution in [0.2, 0.25) is 0 Å². The molecule has 2 N–H and O–H groups in total. The maximum absolute atomic E-state index is 12.3. The SMILES string of the molecule is CC(=O)N[C@@H](CC(=O)NN(C)c1ccccc1)c1ccccc1. The van der Waals surface area contributed by atoms with Crippen molar-refractivity contribution in [3.05, 3.63) is 66.2 Å². The zero-order chi connectivity index (χ0) is 16.7. The monoisotopic (exact) mass is 311 g/mol. The van der Waals surface area contributed by atoms with Crippen molar-refractivity contribution >= 4 is 17.5 Å². The molecule has 0 aliphatic rings. The minimum Gasteiger partial charge on any atom is -0.349 e. The largest absolute Gasteiger partial charge is 0.349 e. The Hall–Kier alpha value is -2.82. The van der Waals surface area contributed by atoms with E-state index in [0.717, 1.165) is 11.3 Å². The summed E-state index contributed by atoms with van der Waals surface area (Å²) in [4.78, 5) is 23.7. The van der Waals surface area contributed by atoms with Crippen LogP contribution in [0.1, 0.15) is 24.9 Å². The second-order valence-corrected chi connectivity index (χ2v) is 5.30. The van der Waals surface area contributed by atoms with Crippen LogP contribution in [0.15, 0.2) is 60.7 Å². The van der Waals surface area contributed by atoms with Gasteiger partial charge < -0.3 is 5.32 Å². The average molecular weight is 311 g/mol. The van der Waals surface area contributed by atoms with E-state index in [1.54, 1.807) is 12.1 Å². The highest BCUT2D eigenvalue weighted by Gasteiger charge is 2.17. The van der Waals surface area contributed by atoms with Gasteiger partial charge in [0.05, 0.1) is 18.2 Å². The van der Waals surface area contributed by atoms with E-state index >= 15 is 0 Å². The van der Waals surface area contributed by atoms with Gasteiger partial charge in [-0.25, -0.2) is 0 Å². The second kappa shape index (κ2) is 7.98. The number of para-hydroxylation sites is 1. The van der Waals surface area contributed by atoms with E-state index in [1.165, 1.54) is 6.92 Å². The number of nitrogens with zero attached hydrogens (tertiary/aromatic N) is 1.